The van der Waals surface area contributed by atoms with Crippen molar-refractivity contribution in [2.45, 2.75) is 0 Å². The van der Waals surface area contributed by atoms with Crippen molar-refractivity contribution in [2.75, 3.05) is 5.73 Å². The largest absolute Gasteiger partial charge is 0.456 e. The van der Waals surface area contributed by atoms with Crippen LogP contribution in [-0.4, -0.2) is 19.6 Å². The molecule has 2 N–H and O–H groups in total. The molecule has 3 aromatic heterocycles. The van der Waals surface area contributed by atoms with E-state index < -0.39 is 0 Å². The average molecular weight is 303 g/mol. The van der Waals surface area contributed by atoms with Gasteiger partial charge in [0.1, 0.15) is 11.5 Å². The Morgan fingerprint density at radius 2 is 1.78 bits per heavy atom. The molecule has 0 aliphatic rings. The molecule has 3 heterocycles. The highest BCUT2D eigenvalue weighted by Crippen LogP contribution is 2.26. The molecule has 4 rings (SSSR count). The Balaban J connectivity index is 1.69. The van der Waals surface area contributed by atoms with Crippen molar-refractivity contribution >= 4 is 11.6 Å². The molecule has 0 radical (unpaired) electrons. The second-order valence-corrected chi connectivity index (χ2v) is 5.01. The molecule has 6 heteroatoms. The number of rotatable bonds is 3. The van der Waals surface area contributed by atoms with Crippen LogP contribution in [0, 0.1) is 0 Å². The van der Waals surface area contributed by atoms with Gasteiger partial charge in [-0.3, -0.25) is 4.98 Å². The van der Waals surface area contributed by atoms with Gasteiger partial charge in [0.25, 0.3) is 0 Å². The Hall–Kier alpha value is -3.41. The minimum absolute atomic E-state index is 0.251. The van der Waals surface area contributed by atoms with Crippen LogP contribution in [0.2, 0.25) is 0 Å². The number of fused-ring (bicyclic) bond motifs is 1. The summed E-state index contributed by atoms with van der Waals surface area (Å²) in [6.07, 6.45) is 5.32. The van der Waals surface area contributed by atoms with Gasteiger partial charge >= 0.3 is 0 Å². The van der Waals surface area contributed by atoms with E-state index in [1.54, 1.807) is 16.9 Å². The Bertz CT molecular complexity index is 965. The lowest BCUT2D eigenvalue weighted by Gasteiger charge is -2.07. The fourth-order valence-electron chi connectivity index (χ4n) is 2.33. The van der Waals surface area contributed by atoms with Crippen LogP contribution in [0.3, 0.4) is 0 Å². The van der Waals surface area contributed by atoms with Gasteiger partial charge in [-0.15, -0.1) is 5.10 Å². The number of para-hydroxylation sites is 1. The molecular formula is C17H13N5O. The number of benzene rings is 1. The zero-order valence-electron chi connectivity index (χ0n) is 12.1. The van der Waals surface area contributed by atoms with E-state index in [4.69, 9.17) is 10.5 Å². The predicted octanol–water partition coefficient (Wildman–Crippen LogP) is 3.17. The number of anilines is 1. The minimum Gasteiger partial charge on any atom is -0.456 e. The zero-order chi connectivity index (χ0) is 15.6. The topological polar surface area (TPSA) is 78.3 Å². The number of nitrogens with zero attached hydrogens (tertiary/aromatic N) is 4. The smallest absolute Gasteiger partial charge is 0.240 e. The fourth-order valence-corrected chi connectivity index (χ4v) is 2.33. The summed E-state index contributed by atoms with van der Waals surface area (Å²) in [6.45, 7) is 0. The molecule has 23 heavy (non-hydrogen) atoms. The molecule has 0 saturated heterocycles. The van der Waals surface area contributed by atoms with E-state index in [2.05, 4.69) is 15.1 Å². The van der Waals surface area contributed by atoms with Gasteiger partial charge < -0.3 is 10.5 Å². The minimum atomic E-state index is 0.251. The SMILES string of the molecule is Nc1nc2ccc(-c3cncc(Oc4ccccc4)c3)cn2n1. The zero-order valence-corrected chi connectivity index (χ0v) is 12.1. The number of pyridine rings is 2. The maximum atomic E-state index is 5.81. The van der Waals surface area contributed by atoms with E-state index in [0.29, 0.717) is 11.4 Å². The van der Waals surface area contributed by atoms with Gasteiger partial charge in [0.05, 0.1) is 6.20 Å². The summed E-state index contributed by atoms with van der Waals surface area (Å²) in [6, 6.07) is 15.3. The Labute approximate surface area is 132 Å². The van der Waals surface area contributed by atoms with Crippen LogP contribution in [0.15, 0.2) is 67.1 Å². The van der Waals surface area contributed by atoms with E-state index in [1.807, 2.05) is 54.7 Å². The van der Waals surface area contributed by atoms with E-state index in [9.17, 15) is 0 Å². The molecule has 0 fully saturated rings. The molecule has 4 aromatic rings. The Morgan fingerprint density at radius 3 is 2.65 bits per heavy atom. The maximum absolute atomic E-state index is 5.81. The van der Waals surface area contributed by atoms with Crippen molar-refractivity contribution in [1.29, 1.82) is 0 Å². The van der Waals surface area contributed by atoms with Crippen molar-refractivity contribution in [3.05, 3.63) is 67.1 Å². The summed E-state index contributed by atoms with van der Waals surface area (Å²) in [4.78, 5) is 8.36. The van der Waals surface area contributed by atoms with E-state index >= 15 is 0 Å². The standard InChI is InChI=1S/C17H13N5O/c18-17-20-16-7-6-12(11-22(16)21-17)13-8-15(10-19-9-13)23-14-4-2-1-3-5-14/h1-11H,(H2,18,21). The number of ether oxygens (including phenoxy) is 1. The molecule has 0 saturated carbocycles. The van der Waals surface area contributed by atoms with Gasteiger partial charge in [0.2, 0.25) is 5.95 Å². The average Bonchev–Trinajstić information content (AvgIpc) is 2.95. The van der Waals surface area contributed by atoms with Crippen molar-refractivity contribution in [1.82, 2.24) is 19.6 Å². The van der Waals surface area contributed by atoms with Gasteiger partial charge in [-0.05, 0) is 30.3 Å². The van der Waals surface area contributed by atoms with Gasteiger partial charge in [-0.1, -0.05) is 18.2 Å². The number of aromatic nitrogens is 4. The van der Waals surface area contributed by atoms with Crippen LogP contribution in [0.4, 0.5) is 5.95 Å². The summed E-state index contributed by atoms with van der Waals surface area (Å²) in [5.41, 5.74) is 8.20. The van der Waals surface area contributed by atoms with Gasteiger partial charge in [-0.2, -0.15) is 4.98 Å². The molecule has 0 spiro atoms. The van der Waals surface area contributed by atoms with Crippen molar-refractivity contribution in [3.8, 4) is 22.6 Å². The van der Waals surface area contributed by atoms with Crippen molar-refractivity contribution in [2.24, 2.45) is 0 Å². The normalized spacial score (nSPS) is 10.8. The maximum Gasteiger partial charge on any atom is 0.240 e. The van der Waals surface area contributed by atoms with Gasteiger partial charge in [0.15, 0.2) is 5.65 Å². The van der Waals surface area contributed by atoms with E-state index in [0.717, 1.165) is 16.9 Å². The van der Waals surface area contributed by atoms with E-state index in [-0.39, 0.29) is 5.95 Å². The molecule has 1 aromatic carbocycles. The number of hydrogen-bond donors (Lipinski definition) is 1. The first-order valence-corrected chi connectivity index (χ1v) is 7.08. The number of nitrogen functional groups attached to an aromatic ring is 1. The van der Waals surface area contributed by atoms with E-state index in [1.165, 1.54) is 0 Å². The second-order valence-electron chi connectivity index (χ2n) is 5.01. The molecule has 112 valence electrons. The fraction of sp³-hybridized carbons (Fsp3) is 0. The summed E-state index contributed by atoms with van der Waals surface area (Å²) in [5, 5.41) is 4.12. The molecule has 0 aliphatic carbocycles. The lowest BCUT2D eigenvalue weighted by molar-refractivity contribution is 0.480. The number of hydrogen-bond acceptors (Lipinski definition) is 5. The van der Waals surface area contributed by atoms with Crippen LogP contribution in [0.5, 0.6) is 11.5 Å². The first-order valence-electron chi connectivity index (χ1n) is 7.08. The van der Waals surface area contributed by atoms with Crippen molar-refractivity contribution in [3.63, 3.8) is 0 Å². The molecule has 0 amide bonds. The second kappa shape index (κ2) is 5.42. The first-order chi connectivity index (χ1) is 11.3. The molecule has 0 bridgehead atoms. The van der Waals surface area contributed by atoms with Gasteiger partial charge in [0, 0.05) is 23.5 Å². The van der Waals surface area contributed by atoms with Crippen LogP contribution < -0.4 is 10.5 Å². The Kier molecular flexibility index (Phi) is 3.12. The third-order valence-corrected chi connectivity index (χ3v) is 3.37. The monoisotopic (exact) mass is 303 g/mol. The number of nitrogens with two attached hydrogens (primary N) is 1. The highest BCUT2D eigenvalue weighted by atomic mass is 16.5. The van der Waals surface area contributed by atoms with Crippen LogP contribution in [0.25, 0.3) is 16.8 Å². The van der Waals surface area contributed by atoms with Gasteiger partial charge in [-0.25, -0.2) is 4.52 Å². The summed E-state index contributed by atoms with van der Waals surface area (Å²) < 4.78 is 7.46. The third-order valence-electron chi connectivity index (χ3n) is 3.37. The highest BCUT2D eigenvalue weighted by molar-refractivity contribution is 5.65. The summed E-state index contributed by atoms with van der Waals surface area (Å²) >= 11 is 0. The molecule has 0 unspecified atom stereocenters. The Morgan fingerprint density at radius 1 is 0.913 bits per heavy atom. The summed E-state index contributed by atoms with van der Waals surface area (Å²) in [5.74, 6) is 1.69. The van der Waals surface area contributed by atoms with Crippen LogP contribution in [0.1, 0.15) is 0 Å². The third kappa shape index (κ3) is 2.69. The molecule has 0 atom stereocenters. The molecule has 0 aliphatic heterocycles. The first kappa shape index (κ1) is 13.3. The molecular weight excluding hydrogens is 290 g/mol. The lowest BCUT2D eigenvalue weighted by atomic mass is 10.1. The van der Waals surface area contributed by atoms with Crippen LogP contribution in [-0.2, 0) is 0 Å². The van der Waals surface area contributed by atoms with Crippen LogP contribution >= 0.6 is 0 Å². The van der Waals surface area contributed by atoms with Crippen molar-refractivity contribution < 1.29 is 4.74 Å². The molecule has 6 nitrogen and oxygen atoms in total. The highest BCUT2D eigenvalue weighted by Gasteiger charge is 2.05. The lowest BCUT2D eigenvalue weighted by Crippen LogP contribution is -1.91. The summed E-state index contributed by atoms with van der Waals surface area (Å²) in [7, 11) is 0. The predicted molar refractivity (Wildman–Crippen MR) is 87.1 cm³/mol. The quantitative estimate of drug-likeness (QED) is 0.629.